The van der Waals surface area contributed by atoms with Crippen LogP contribution in [-0.4, -0.2) is 31.4 Å². The first kappa shape index (κ1) is 19.0. The molecule has 1 N–H and O–H groups in total. The van der Waals surface area contributed by atoms with Crippen molar-refractivity contribution in [2.24, 2.45) is 0 Å². The molecule has 3 rings (SSSR count). The van der Waals surface area contributed by atoms with Gasteiger partial charge in [-0.15, -0.1) is 5.10 Å². The summed E-state index contributed by atoms with van der Waals surface area (Å²) in [6.07, 6.45) is 0. The van der Waals surface area contributed by atoms with Crippen molar-refractivity contribution in [2.45, 2.75) is 37.7 Å². The average Bonchev–Trinajstić information content (AvgIpc) is 3.10. The fourth-order valence-electron chi connectivity index (χ4n) is 2.50. The van der Waals surface area contributed by atoms with E-state index in [1.807, 2.05) is 32.0 Å². The maximum Gasteiger partial charge on any atom is 0.233 e. The zero-order valence-electron chi connectivity index (χ0n) is 15.3. The summed E-state index contributed by atoms with van der Waals surface area (Å²) in [7, 11) is 0. The highest BCUT2D eigenvalue weighted by atomic mass is 32.2. The molecule has 0 aliphatic carbocycles. The molecule has 0 fully saturated rings. The lowest BCUT2D eigenvalue weighted by molar-refractivity contribution is -0.120. The van der Waals surface area contributed by atoms with Gasteiger partial charge in [-0.3, -0.25) is 4.79 Å². The van der Waals surface area contributed by atoms with Crippen LogP contribution in [0.15, 0.2) is 47.6 Å². The number of hydrogen-bond acceptors (Lipinski definition) is 5. The summed E-state index contributed by atoms with van der Waals surface area (Å²) in [5.74, 6) is -0.438. The average molecular weight is 385 g/mol. The van der Waals surface area contributed by atoms with E-state index < -0.39 is 0 Å². The highest BCUT2D eigenvalue weighted by Gasteiger charge is 2.19. The Morgan fingerprint density at radius 3 is 2.70 bits per heavy atom. The molecule has 0 radical (unpaired) electrons. The van der Waals surface area contributed by atoms with Gasteiger partial charge in [0.05, 0.1) is 10.9 Å². The van der Waals surface area contributed by atoms with Crippen LogP contribution in [0, 0.1) is 19.7 Å². The quantitative estimate of drug-likeness (QED) is 0.660. The fraction of sp³-hybridized carbons (Fsp3) is 0.263. The zero-order chi connectivity index (χ0) is 19.4. The van der Waals surface area contributed by atoms with Crippen molar-refractivity contribution in [3.63, 3.8) is 0 Å². The van der Waals surface area contributed by atoms with E-state index >= 15 is 0 Å². The van der Waals surface area contributed by atoms with E-state index in [9.17, 15) is 9.18 Å². The van der Waals surface area contributed by atoms with Crippen molar-refractivity contribution in [3.8, 4) is 5.69 Å². The lowest BCUT2D eigenvalue weighted by atomic mass is 10.1. The second-order valence-electron chi connectivity index (χ2n) is 6.27. The van der Waals surface area contributed by atoms with E-state index in [4.69, 9.17) is 0 Å². The van der Waals surface area contributed by atoms with E-state index in [-0.39, 0.29) is 17.0 Å². The molecule has 2 aromatic carbocycles. The summed E-state index contributed by atoms with van der Waals surface area (Å²) >= 11 is 1.29. The van der Waals surface area contributed by atoms with Crippen LogP contribution in [0.25, 0.3) is 5.69 Å². The standard InChI is InChI=1S/C19H20FN5OS/c1-12-4-5-13(2)17(10-12)25-19(22-23-24-25)27-14(3)18(26)21-11-15-6-8-16(20)9-7-15/h4-10,14H,11H2,1-3H3,(H,21,26)/t14-/m0/s1. The molecule has 0 bridgehead atoms. The first-order valence-corrected chi connectivity index (χ1v) is 9.37. The van der Waals surface area contributed by atoms with Crippen molar-refractivity contribution in [1.29, 1.82) is 0 Å². The predicted molar refractivity (Wildman–Crippen MR) is 102 cm³/mol. The Kier molecular flexibility index (Phi) is 5.85. The van der Waals surface area contributed by atoms with Crippen LogP contribution in [0.2, 0.25) is 0 Å². The van der Waals surface area contributed by atoms with Crippen molar-refractivity contribution in [2.75, 3.05) is 0 Å². The Labute approximate surface area is 161 Å². The highest BCUT2D eigenvalue weighted by molar-refractivity contribution is 8.00. The van der Waals surface area contributed by atoms with Crippen LogP contribution in [0.4, 0.5) is 4.39 Å². The summed E-state index contributed by atoms with van der Waals surface area (Å²) in [6.45, 7) is 6.13. The maximum atomic E-state index is 12.9. The molecule has 1 heterocycles. The van der Waals surface area contributed by atoms with Crippen LogP contribution in [0.3, 0.4) is 0 Å². The van der Waals surface area contributed by atoms with Gasteiger partial charge in [0.25, 0.3) is 0 Å². The molecule has 0 aliphatic rings. The molecule has 3 aromatic rings. The Morgan fingerprint density at radius 2 is 1.96 bits per heavy atom. The van der Waals surface area contributed by atoms with E-state index in [0.717, 1.165) is 22.4 Å². The van der Waals surface area contributed by atoms with Gasteiger partial charge < -0.3 is 5.32 Å². The lowest BCUT2D eigenvalue weighted by Crippen LogP contribution is -2.30. The topological polar surface area (TPSA) is 72.7 Å². The molecule has 140 valence electrons. The Morgan fingerprint density at radius 1 is 1.22 bits per heavy atom. The third kappa shape index (κ3) is 4.71. The number of nitrogens with one attached hydrogen (secondary N) is 1. The second-order valence-corrected chi connectivity index (χ2v) is 7.58. The number of hydrogen-bond donors (Lipinski definition) is 1. The van der Waals surface area contributed by atoms with Crippen LogP contribution in [0.5, 0.6) is 0 Å². The Hall–Kier alpha value is -2.74. The number of aromatic nitrogens is 4. The third-order valence-corrected chi connectivity index (χ3v) is 5.10. The number of rotatable bonds is 6. The van der Waals surface area contributed by atoms with Gasteiger partial charge in [-0.05, 0) is 66.1 Å². The smallest absolute Gasteiger partial charge is 0.233 e. The number of benzene rings is 2. The first-order chi connectivity index (χ1) is 12.9. The lowest BCUT2D eigenvalue weighted by Gasteiger charge is -2.13. The largest absolute Gasteiger partial charge is 0.351 e. The summed E-state index contributed by atoms with van der Waals surface area (Å²) in [6, 6.07) is 12.1. The SMILES string of the molecule is Cc1ccc(C)c(-n2nnnc2S[C@@H](C)C(=O)NCc2ccc(F)cc2)c1. The van der Waals surface area contributed by atoms with Crippen LogP contribution < -0.4 is 5.32 Å². The Bertz CT molecular complexity index is 942. The van der Waals surface area contributed by atoms with E-state index in [2.05, 4.69) is 20.8 Å². The summed E-state index contributed by atoms with van der Waals surface area (Å²) in [5.41, 5.74) is 3.87. The minimum atomic E-state index is -0.389. The van der Waals surface area contributed by atoms with Gasteiger partial charge >= 0.3 is 0 Å². The molecule has 1 amide bonds. The van der Waals surface area contributed by atoms with Crippen molar-refractivity contribution < 1.29 is 9.18 Å². The van der Waals surface area contributed by atoms with Crippen molar-refractivity contribution in [3.05, 3.63) is 65.0 Å². The zero-order valence-corrected chi connectivity index (χ0v) is 16.1. The van der Waals surface area contributed by atoms with Crippen LogP contribution in [-0.2, 0) is 11.3 Å². The molecule has 0 aliphatic heterocycles. The molecule has 1 aromatic heterocycles. The molecule has 6 nitrogen and oxygen atoms in total. The van der Waals surface area contributed by atoms with Gasteiger partial charge in [0, 0.05) is 6.54 Å². The number of halogens is 1. The van der Waals surface area contributed by atoms with Crippen molar-refractivity contribution >= 4 is 17.7 Å². The number of tetrazole rings is 1. The summed E-state index contributed by atoms with van der Waals surface area (Å²) in [5, 5.41) is 14.9. The highest BCUT2D eigenvalue weighted by Crippen LogP contribution is 2.25. The van der Waals surface area contributed by atoms with Gasteiger partial charge in [-0.25, -0.2) is 4.39 Å². The fourth-order valence-corrected chi connectivity index (χ4v) is 3.32. The molecular formula is C19H20FN5OS. The second kappa shape index (κ2) is 8.30. The third-order valence-electron chi connectivity index (χ3n) is 4.07. The molecule has 0 saturated carbocycles. The monoisotopic (exact) mass is 385 g/mol. The van der Waals surface area contributed by atoms with Gasteiger partial charge in [-0.2, -0.15) is 4.68 Å². The molecule has 0 unspecified atom stereocenters. The van der Waals surface area contributed by atoms with Crippen molar-refractivity contribution in [1.82, 2.24) is 25.5 Å². The van der Waals surface area contributed by atoms with Gasteiger partial charge in [0.2, 0.25) is 11.1 Å². The van der Waals surface area contributed by atoms with Gasteiger partial charge in [0.15, 0.2) is 0 Å². The summed E-state index contributed by atoms with van der Waals surface area (Å²) in [4.78, 5) is 12.4. The summed E-state index contributed by atoms with van der Waals surface area (Å²) < 4.78 is 14.6. The van der Waals surface area contributed by atoms with Gasteiger partial charge in [-0.1, -0.05) is 36.0 Å². The number of nitrogens with zero attached hydrogens (tertiary/aromatic N) is 4. The van der Waals surface area contributed by atoms with Crippen LogP contribution in [0.1, 0.15) is 23.6 Å². The van der Waals surface area contributed by atoms with E-state index in [0.29, 0.717) is 11.7 Å². The molecular weight excluding hydrogens is 365 g/mol. The number of aryl methyl sites for hydroxylation is 2. The minimum absolute atomic E-state index is 0.139. The number of amides is 1. The normalized spacial score (nSPS) is 12.0. The minimum Gasteiger partial charge on any atom is -0.351 e. The molecule has 0 spiro atoms. The molecule has 0 saturated heterocycles. The van der Waals surface area contributed by atoms with Gasteiger partial charge in [0.1, 0.15) is 5.82 Å². The van der Waals surface area contributed by atoms with Crippen LogP contribution >= 0.6 is 11.8 Å². The molecule has 8 heteroatoms. The Balaban J connectivity index is 1.67. The number of carbonyl (C=O) groups is 1. The number of thioether (sulfide) groups is 1. The predicted octanol–water partition coefficient (Wildman–Crippen LogP) is 3.22. The maximum absolute atomic E-state index is 12.9. The first-order valence-electron chi connectivity index (χ1n) is 8.49. The van der Waals surface area contributed by atoms with E-state index in [1.165, 1.54) is 23.9 Å². The molecule has 1 atom stereocenters. The van der Waals surface area contributed by atoms with E-state index in [1.54, 1.807) is 23.7 Å². The molecule has 27 heavy (non-hydrogen) atoms. The number of carbonyl (C=O) groups excluding carboxylic acids is 1.